The number of carbonyl (C=O) groups excluding carboxylic acids is 3. The van der Waals surface area contributed by atoms with Crippen LogP contribution in [0.4, 0.5) is 40.8 Å². The van der Waals surface area contributed by atoms with E-state index < -0.39 is 87.0 Å². The molecule has 0 amide bonds. The highest BCUT2D eigenvalue weighted by Crippen LogP contribution is 2.41. The van der Waals surface area contributed by atoms with Crippen LogP contribution in [0.5, 0.6) is 11.5 Å². The highest BCUT2D eigenvalue weighted by molar-refractivity contribution is 8.14. The molecule has 0 aliphatic carbocycles. The molecule has 12 nitrogen and oxygen atoms in total. The van der Waals surface area contributed by atoms with E-state index in [9.17, 15) is 59.6 Å². The first-order chi connectivity index (χ1) is 26.5. The summed E-state index contributed by atoms with van der Waals surface area (Å²) in [5.41, 5.74) is -5.96. The minimum absolute atomic E-state index is 0.0231. The van der Waals surface area contributed by atoms with E-state index in [1.807, 2.05) is 0 Å². The van der Waals surface area contributed by atoms with Gasteiger partial charge in [0.15, 0.2) is 11.8 Å². The number of ether oxygens (including phenoxy) is 4. The number of carbonyl (C=O) groups is 3. The lowest BCUT2D eigenvalue weighted by Gasteiger charge is -2.22. The molecule has 2 heterocycles. The Morgan fingerprint density at radius 1 is 1.00 bits per heavy atom. The fourth-order valence-electron chi connectivity index (χ4n) is 5.00. The van der Waals surface area contributed by atoms with Gasteiger partial charge in [0.2, 0.25) is 0 Å². The third-order valence-electron chi connectivity index (χ3n) is 7.38. The molecule has 1 unspecified atom stereocenters. The molecular formula is C35H32ClF8N3O9S. The fraction of sp³-hybridized carbons (Fsp3) is 0.400. The van der Waals surface area contributed by atoms with Crippen LogP contribution in [0, 0.1) is 16.0 Å². The number of nitro groups is 1. The van der Waals surface area contributed by atoms with E-state index in [1.165, 1.54) is 6.92 Å². The average Bonchev–Trinajstić information content (AvgIpc) is 3.65. The molecule has 3 aromatic rings. The third-order valence-corrected chi connectivity index (χ3v) is 8.67. The second kappa shape index (κ2) is 19.4. The van der Waals surface area contributed by atoms with Gasteiger partial charge in [-0.3, -0.25) is 15.1 Å². The Labute approximate surface area is 328 Å². The van der Waals surface area contributed by atoms with Crippen molar-refractivity contribution in [2.24, 2.45) is 10.9 Å². The fourth-order valence-corrected chi connectivity index (χ4v) is 6.14. The van der Waals surface area contributed by atoms with Gasteiger partial charge in [-0.05, 0) is 56.0 Å². The van der Waals surface area contributed by atoms with Crippen molar-refractivity contribution in [1.82, 2.24) is 4.98 Å². The number of rotatable bonds is 12. The molecule has 0 fully saturated rings. The van der Waals surface area contributed by atoms with Crippen molar-refractivity contribution in [2.45, 2.75) is 59.0 Å². The van der Waals surface area contributed by atoms with E-state index in [4.69, 9.17) is 25.8 Å². The lowest BCUT2D eigenvalue weighted by molar-refractivity contribution is -0.385. The number of aromatic nitrogens is 1. The molecule has 0 bridgehead atoms. The highest BCUT2D eigenvalue weighted by Gasteiger charge is 2.42. The number of benzene rings is 2. The molecule has 22 heteroatoms. The highest BCUT2D eigenvalue weighted by atomic mass is 35.5. The van der Waals surface area contributed by atoms with Gasteiger partial charge in [0, 0.05) is 30.0 Å². The topological polar surface area (TPSA) is 157 Å². The Morgan fingerprint density at radius 3 is 2.16 bits per heavy atom. The molecule has 0 saturated heterocycles. The molecule has 1 aliphatic heterocycles. The van der Waals surface area contributed by atoms with Crippen LogP contribution in [0.1, 0.15) is 82.9 Å². The second-order valence-electron chi connectivity index (χ2n) is 12.0. The van der Waals surface area contributed by atoms with Gasteiger partial charge in [-0.1, -0.05) is 25.4 Å². The average molecular weight is 858 g/mol. The Bertz CT molecular complexity index is 2030. The Balaban J connectivity index is 0.000000310. The van der Waals surface area contributed by atoms with Gasteiger partial charge < -0.3 is 18.9 Å². The van der Waals surface area contributed by atoms with Gasteiger partial charge in [0.25, 0.3) is 12.1 Å². The first-order valence-corrected chi connectivity index (χ1v) is 17.8. The molecule has 1 aromatic heterocycles. The van der Waals surface area contributed by atoms with Gasteiger partial charge >= 0.3 is 30.3 Å². The molecule has 1 atom stereocenters. The van der Waals surface area contributed by atoms with Gasteiger partial charge in [-0.25, -0.2) is 28.1 Å². The van der Waals surface area contributed by atoms with Gasteiger partial charge in [0.1, 0.15) is 27.8 Å². The van der Waals surface area contributed by atoms with E-state index in [-0.39, 0.29) is 46.1 Å². The lowest BCUT2D eigenvalue weighted by atomic mass is 9.91. The number of hydrogen-bond donors (Lipinski definition) is 0. The zero-order valence-corrected chi connectivity index (χ0v) is 31.9. The second-order valence-corrected chi connectivity index (χ2v) is 13.5. The van der Waals surface area contributed by atoms with E-state index in [0.717, 1.165) is 49.2 Å². The first kappa shape index (κ1) is 46.3. The van der Waals surface area contributed by atoms with Crippen molar-refractivity contribution >= 4 is 52.0 Å². The zero-order chi connectivity index (χ0) is 43.0. The van der Waals surface area contributed by atoms with E-state index >= 15 is 0 Å². The van der Waals surface area contributed by atoms with Crippen molar-refractivity contribution in [3.63, 3.8) is 0 Å². The van der Waals surface area contributed by atoms with Crippen LogP contribution < -0.4 is 4.74 Å². The smallest absolute Gasteiger partial charge is 0.434 e. The van der Waals surface area contributed by atoms with Crippen molar-refractivity contribution in [1.29, 1.82) is 0 Å². The molecule has 2 aromatic carbocycles. The number of halogens is 9. The summed E-state index contributed by atoms with van der Waals surface area (Å²) >= 11 is 6.91. The molecule has 310 valence electrons. The first-order valence-electron chi connectivity index (χ1n) is 16.4. The van der Waals surface area contributed by atoms with Crippen LogP contribution in [0.25, 0.3) is 0 Å². The maximum absolute atomic E-state index is 13.6. The summed E-state index contributed by atoms with van der Waals surface area (Å²) in [5.74, 6) is -3.22. The van der Waals surface area contributed by atoms with Gasteiger partial charge in [-0.2, -0.15) is 26.3 Å². The predicted octanol–water partition coefficient (Wildman–Crippen LogP) is 9.68. The number of pyridine rings is 1. The molecule has 0 saturated carbocycles. The summed E-state index contributed by atoms with van der Waals surface area (Å²) in [6.07, 6.45) is -14.3. The monoisotopic (exact) mass is 857 g/mol. The summed E-state index contributed by atoms with van der Waals surface area (Å²) in [7, 11) is 0.982. The normalized spacial score (nSPS) is 13.4. The van der Waals surface area contributed by atoms with Crippen LogP contribution in [-0.2, 0) is 37.8 Å². The number of alkyl halides is 8. The molecule has 1 aliphatic rings. The van der Waals surface area contributed by atoms with Crippen molar-refractivity contribution in [3.8, 4) is 11.5 Å². The SMILES string of the molecule is CCOC(=O)C(C)OC(=O)c1cc(Oc2ccc(C(F)(F)F)cc2Cl)ccc1[N+](=O)[O-].COC(=O)c1c(C(F)F)nc(C(F)(F)F)c(C2=NCCS2)c1CC(C)C. The van der Waals surface area contributed by atoms with Gasteiger partial charge in [-0.15, -0.1) is 11.8 Å². The molecular weight excluding hydrogens is 826 g/mol. The van der Waals surface area contributed by atoms with Crippen molar-refractivity contribution in [2.75, 3.05) is 26.0 Å². The predicted molar refractivity (Wildman–Crippen MR) is 189 cm³/mol. The number of methoxy groups -OCH3 is 1. The van der Waals surface area contributed by atoms with Crippen LogP contribution in [0.2, 0.25) is 5.02 Å². The van der Waals surface area contributed by atoms with Crippen molar-refractivity contribution in [3.05, 3.63) is 90.7 Å². The van der Waals surface area contributed by atoms with Crippen LogP contribution in [-0.4, -0.2) is 65.0 Å². The summed E-state index contributed by atoms with van der Waals surface area (Å²) in [6, 6.07) is 5.37. The third kappa shape index (κ3) is 12.0. The number of hydrogen-bond acceptors (Lipinski definition) is 12. The summed E-state index contributed by atoms with van der Waals surface area (Å²) in [5, 5.41) is 10.9. The number of esters is 3. The Kier molecular flexibility index (Phi) is 15.8. The zero-order valence-electron chi connectivity index (χ0n) is 30.4. The Hall–Kier alpha value is -5.05. The molecule has 57 heavy (non-hydrogen) atoms. The largest absolute Gasteiger partial charge is 0.465 e. The summed E-state index contributed by atoms with van der Waals surface area (Å²) in [4.78, 5) is 53.7. The van der Waals surface area contributed by atoms with Crippen molar-refractivity contribution < 1.29 is 73.4 Å². The minimum atomic E-state index is -4.97. The molecule has 0 N–H and O–H groups in total. The van der Waals surface area contributed by atoms with Gasteiger partial charge in [0.05, 0.1) is 34.8 Å². The van der Waals surface area contributed by atoms with Crippen LogP contribution in [0.15, 0.2) is 41.4 Å². The number of nitro benzene ring substituents is 1. The maximum atomic E-state index is 13.6. The van der Waals surface area contributed by atoms with E-state index in [2.05, 4.69) is 14.7 Å². The minimum Gasteiger partial charge on any atom is -0.465 e. The lowest BCUT2D eigenvalue weighted by Crippen LogP contribution is -2.26. The van der Waals surface area contributed by atoms with Crippen LogP contribution >= 0.6 is 23.4 Å². The number of aliphatic imine (C=N–C) groups is 1. The van der Waals surface area contributed by atoms with Crippen LogP contribution in [0.3, 0.4) is 0 Å². The maximum Gasteiger partial charge on any atom is 0.434 e. The van der Waals surface area contributed by atoms with E-state index in [1.54, 1.807) is 20.8 Å². The quantitative estimate of drug-likeness (QED) is 0.0562. The number of thioether (sulfide) groups is 1. The summed E-state index contributed by atoms with van der Waals surface area (Å²) < 4.78 is 125. The Morgan fingerprint density at radius 2 is 1.67 bits per heavy atom. The molecule has 0 radical (unpaired) electrons. The number of nitrogens with zero attached hydrogens (tertiary/aromatic N) is 3. The van der Waals surface area contributed by atoms with E-state index in [0.29, 0.717) is 18.4 Å². The molecule has 4 rings (SSSR count). The standard InChI is InChI=1S/C19H15ClF3NO7.C16H17F5N2O2S/c1-3-29-17(25)10(2)30-18(26)13-9-12(5-6-15(13)24(27)28)31-16-7-4-11(8-14(16)20)19(21,22)23;1-7(2)6-8-9(15(24)25-3)11(13(17)18)23-12(16(19,20)21)10(8)14-22-4-5-26-14/h4-10H,3H2,1-2H3;7,13H,4-6H2,1-3H3. The summed E-state index contributed by atoms with van der Waals surface area (Å²) in [6.45, 7) is 6.55. The molecule has 0 spiro atoms.